The van der Waals surface area contributed by atoms with Crippen molar-refractivity contribution in [3.8, 4) is 0 Å². The Hall–Kier alpha value is -2.95. The number of rotatable bonds is 8. The van der Waals surface area contributed by atoms with E-state index in [2.05, 4.69) is 10.3 Å². The molecular weight excluding hydrogens is 374 g/mol. The molecule has 0 radical (unpaired) electrons. The van der Waals surface area contributed by atoms with E-state index in [0.717, 1.165) is 56.3 Å². The molecular formula is C25H33N3O2. The van der Waals surface area contributed by atoms with Gasteiger partial charge >= 0.3 is 0 Å². The number of benzene rings is 1. The Bertz CT molecular complexity index is 798. The van der Waals surface area contributed by atoms with Crippen LogP contribution in [-0.4, -0.2) is 41.3 Å². The number of nitrogens with zero attached hydrogens (tertiary/aromatic N) is 2. The van der Waals surface area contributed by atoms with Crippen molar-refractivity contribution in [3.05, 3.63) is 72.1 Å². The summed E-state index contributed by atoms with van der Waals surface area (Å²) < 4.78 is 0. The standard InChI is InChI=1S/C24H29N3O2.CH4/c28-23(12-11-21-8-6-15-25-19-21)26-16-5-4-7-20-13-17-27(18-14-20)24(29)22-9-2-1-3-10-22;/h1-3,6,8-12,15,19-20H,4-5,7,13-14,16-18H2,(H,26,28);1H4/b12-11+;. The second kappa shape index (κ2) is 12.6. The molecule has 5 heteroatoms. The fourth-order valence-electron chi connectivity index (χ4n) is 3.66. The van der Waals surface area contributed by atoms with Crippen LogP contribution in [0.4, 0.5) is 0 Å². The molecule has 1 aliphatic rings. The molecule has 0 saturated carbocycles. The van der Waals surface area contributed by atoms with Gasteiger partial charge < -0.3 is 10.2 Å². The van der Waals surface area contributed by atoms with Gasteiger partial charge in [0.2, 0.25) is 5.91 Å². The third kappa shape index (κ3) is 7.47. The predicted octanol–water partition coefficient (Wildman–Crippen LogP) is 4.57. The van der Waals surface area contributed by atoms with Crippen LogP contribution < -0.4 is 5.32 Å². The van der Waals surface area contributed by atoms with E-state index in [1.807, 2.05) is 47.4 Å². The normalized spacial score (nSPS) is 14.3. The smallest absolute Gasteiger partial charge is 0.253 e. The monoisotopic (exact) mass is 407 g/mol. The molecule has 30 heavy (non-hydrogen) atoms. The molecule has 1 aliphatic heterocycles. The average molecular weight is 408 g/mol. The number of likely N-dealkylation sites (tertiary alicyclic amines) is 1. The first kappa shape index (κ1) is 23.3. The number of pyridine rings is 1. The van der Waals surface area contributed by atoms with E-state index in [1.54, 1.807) is 24.5 Å². The minimum Gasteiger partial charge on any atom is -0.353 e. The zero-order valence-corrected chi connectivity index (χ0v) is 16.8. The molecule has 1 aromatic carbocycles. The van der Waals surface area contributed by atoms with E-state index in [9.17, 15) is 9.59 Å². The number of aromatic nitrogens is 1. The van der Waals surface area contributed by atoms with Gasteiger partial charge in [0.25, 0.3) is 5.91 Å². The molecule has 0 aliphatic carbocycles. The lowest BCUT2D eigenvalue weighted by Gasteiger charge is -2.32. The maximum Gasteiger partial charge on any atom is 0.253 e. The molecule has 3 rings (SSSR count). The lowest BCUT2D eigenvalue weighted by Crippen LogP contribution is -2.38. The van der Waals surface area contributed by atoms with Crippen molar-refractivity contribution < 1.29 is 9.59 Å². The summed E-state index contributed by atoms with van der Waals surface area (Å²) >= 11 is 0. The third-order valence-electron chi connectivity index (χ3n) is 5.37. The van der Waals surface area contributed by atoms with Gasteiger partial charge in [0.1, 0.15) is 0 Å². The summed E-state index contributed by atoms with van der Waals surface area (Å²) in [6.07, 6.45) is 12.1. The van der Waals surface area contributed by atoms with E-state index in [0.29, 0.717) is 12.5 Å². The topological polar surface area (TPSA) is 62.3 Å². The van der Waals surface area contributed by atoms with Crippen LogP contribution in [0.5, 0.6) is 0 Å². The quantitative estimate of drug-likeness (QED) is 0.515. The summed E-state index contributed by atoms with van der Waals surface area (Å²) in [6.45, 7) is 2.38. The van der Waals surface area contributed by atoms with Crippen LogP contribution in [0.15, 0.2) is 60.9 Å². The first-order chi connectivity index (χ1) is 14.2. The first-order valence-electron chi connectivity index (χ1n) is 10.4. The molecule has 2 amide bonds. The number of hydrogen-bond donors (Lipinski definition) is 1. The molecule has 160 valence electrons. The number of carbonyl (C=O) groups excluding carboxylic acids is 2. The van der Waals surface area contributed by atoms with Crippen molar-refractivity contribution in [1.82, 2.24) is 15.2 Å². The van der Waals surface area contributed by atoms with Gasteiger partial charge in [-0.15, -0.1) is 0 Å². The third-order valence-corrected chi connectivity index (χ3v) is 5.37. The van der Waals surface area contributed by atoms with Crippen LogP contribution >= 0.6 is 0 Å². The highest BCUT2D eigenvalue weighted by Gasteiger charge is 2.23. The van der Waals surface area contributed by atoms with Gasteiger partial charge in [0.05, 0.1) is 0 Å². The Morgan fingerprint density at radius 3 is 2.53 bits per heavy atom. The Labute approximate surface area is 180 Å². The zero-order chi connectivity index (χ0) is 20.3. The van der Waals surface area contributed by atoms with Crippen molar-refractivity contribution in [2.24, 2.45) is 5.92 Å². The van der Waals surface area contributed by atoms with Crippen LogP contribution in [0.3, 0.4) is 0 Å². The van der Waals surface area contributed by atoms with Crippen LogP contribution in [0.25, 0.3) is 6.08 Å². The maximum atomic E-state index is 12.5. The van der Waals surface area contributed by atoms with Crippen molar-refractivity contribution in [2.75, 3.05) is 19.6 Å². The largest absolute Gasteiger partial charge is 0.353 e. The minimum absolute atomic E-state index is 0. The molecule has 1 N–H and O–H groups in total. The Balaban J connectivity index is 0.00000320. The number of hydrogen-bond acceptors (Lipinski definition) is 3. The van der Waals surface area contributed by atoms with Crippen LogP contribution in [0.1, 0.15) is 55.5 Å². The lowest BCUT2D eigenvalue weighted by atomic mass is 9.91. The highest BCUT2D eigenvalue weighted by molar-refractivity contribution is 5.94. The summed E-state index contributed by atoms with van der Waals surface area (Å²) in [6, 6.07) is 13.3. The van der Waals surface area contributed by atoms with E-state index in [4.69, 9.17) is 0 Å². The number of amides is 2. The zero-order valence-electron chi connectivity index (χ0n) is 16.8. The summed E-state index contributed by atoms with van der Waals surface area (Å²) in [5.74, 6) is 0.753. The Kier molecular flexibility index (Phi) is 9.78. The van der Waals surface area contributed by atoms with Crippen LogP contribution in [-0.2, 0) is 4.79 Å². The molecule has 0 spiro atoms. The van der Waals surface area contributed by atoms with E-state index < -0.39 is 0 Å². The van der Waals surface area contributed by atoms with Gasteiger partial charge in [0.15, 0.2) is 0 Å². The highest BCUT2D eigenvalue weighted by Crippen LogP contribution is 2.23. The van der Waals surface area contributed by atoms with Gasteiger partial charge in [0, 0.05) is 43.7 Å². The summed E-state index contributed by atoms with van der Waals surface area (Å²) in [5, 5.41) is 2.93. The number of nitrogens with one attached hydrogen (secondary N) is 1. The van der Waals surface area contributed by atoms with Crippen LogP contribution in [0, 0.1) is 5.92 Å². The SMILES string of the molecule is C.O=C(/C=C/c1cccnc1)NCCCCC1CCN(C(=O)c2ccccc2)CC1. The number of piperidine rings is 1. The fraction of sp³-hybridized carbons (Fsp3) is 0.400. The molecule has 1 aromatic heterocycles. The number of carbonyl (C=O) groups is 2. The first-order valence-corrected chi connectivity index (χ1v) is 10.4. The number of unbranched alkanes of at least 4 members (excludes halogenated alkanes) is 1. The average Bonchev–Trinajstić information content (AvgIpc) is 2.79. The van der Waals surface area contributed by atoms with Crippen molar-refractivity contribution >= 4 is 17.9 Å². The molecule has 0 unspecified atom stereocenters. The summed E-state index contributed by atoms with van der Waals surface area (Å²) in [5.41, 5.74) is 1.69. The van der Waals surface area contributed by atoms with Gasteiger partial charge in [-0.3, -0.25) is 14.6 Å². The molecule has 0 atom stereocenters. The van der Waals surface area contributed by atoms with Gasteiger partial charge in [-0.2, -0.15) is 0 Å². The van der Waals surface area contributed by atoms with Crippen molar-refractivity contribution in [3.63, 3.8) is 0 Å². The van der Waals surface area contributed by atoms with E-state index in [-0.39, 0.29) is 19.2 Å². The minimum atomic E-state index is -0.0680. The molecule has 5 nitrogen and oxygen atoms in total. The van der Waals surface area contributed by atoms with E-state index in [1.165, 1.54) is 0 Å². The van der Waals surface area contributed by atoms with Crippen LogP contribution in [0.2, 0.25) is 0 Å². The second-order valence-electron chi connectivity index (χ2n) is 7.51. The molecule has 2 heterocycles. The van der Waals surface area contributed by atoms with Gasteiger partial charge in [-0.1, -0.05) is 44.5 Å². The van der Waals surface area contributed by atoms with Gasteiger partial charge in [-0.05, 0) is 55.0 Å². The van der Waals surface area contributed by atoms with Crippen molar-refractivity contribution in [1.29, 1.82) is 0 Å². The Morgan fingerprint density at radius 2 is 1.83 bits per heavy atom. The molecule has 0 bridgehead atoms. The lowest BCUT2D eigenvalue weighted by molar-refractivity contribution is -0.116. The second-order valence-corrected chi connectivity index (χ2v) is 7.51. The molecule has 1 fully saturated rings. The fourth-order valence-corrected chi connectivity index (χ4v) is 3.66. The Morgan fingerprint density at radius 1 is 1.07 bits per heavy atom. The summed E-state index contributed by atoms with van der Waals surface area (Å²) in [4.78, 5) is 30.3. The molecule has 2 aromatic rings. The summed E-state index contributed by atoms with van der Waals surface area (Å²) in [7, 11) is 0. The highest BCUT2D eigenvalue weighted by atomic mass is 16.2. The van der Waals surface area contributed by atoms with Crippen molar-refractivity contribution in [2.45, 2.75) is 39.5 Å². The van der Waals surface area contributed by atoms with Gasteiger partial charge in [-0.25, -0.2) is 0 Å². The maximum absolute atomic E-state index is 12.5. The van der Waals surface area contributed by atoms with E-state index >= 15 is 0 Å². The predicted molar refractivity (Wildman–Crippen MR) is 122 cm³/mol. The molecule has 1 saturated heterocycles.